The van der Waals surface area contributed by atoms with Gasteiger partial charge in [0.1, 0.15) is 11.5 Å². The molecule has 0 atom stereocenters. The van der Waals surface area contributed by atoms with Gasteiger partial charge in [0.05, 0.1) is 23.4 Å². The van der Waals surface area contributed by atoms with Gasteiger partial charge in [-0.25, -0.2) is 0 Å². The molecule has 5 nitrogen and oxygen atoms in total. The predicted octanol–water partition coefficient (Wildman–Crippen LogP) is 5.25. The number of ketones is 1. The largest absolute Gasteiger partial charge is 0.505 e. The minimum absolute atomic E-state index is 0.163. The highest BCUT2D eigenvalue weighted by molar-refractivity contribution is 6.08. The molecule has 0 unspecified atom stereocenters. The highest BCUT2D eigenvalue weighted by atomic mass is 16.5. The molecular weight excluding hydrogens is 378 g/mol. The SMILES string of the molecule is CC(=O)c1cccc(NC(=O)c2ccccc2OCCCCc2ccccc2)c1O. The van der Waals surface area contributed by atoms with E-state index in [9.17, 15) is 14.7 Å². The number of ether oxygens (including phenoxy) is 1. The fraction of sp³-hybridized carbons (Fsp3) is 0.200. The fourth-order valence-corrected chi connectivity index (χ4v) is 3.16. The smallest absolute Gasteiger partial charge is 0.259 e. The summed E-state index contributed by atoms with van der Waals surface area (Å²) in [6.07, 6.45) is 2.84. The second-order valence-electron chi connectivity index (χ2n) is 7.00. The summed E-state index contributed by atoms with van der Waals surface area (Å²) in [5, 5.41) is 12.9. The quantitative estimate of drug-likeness (QED) is 0.291. The molecule has 0 fully saturated rings. The van der Waals surface area contributed by atoms with Crippen molar-refractivity contribution in [1.82, 2.24) is 0 Å². The number of anilines is 1. The van der Waals surface area contributed by atoms with Crippen LogP contribution in [-0.2, 0) is 6.42 Å². The Bertz CT molecular complexity index is 1010. The highest BCUT2D eigenvalue weighted by Crippen LogP contribution is 2.29. The molecule has 0 heterocycles. The molecule has 0 radical (unpaired) electrons. The van der Waals surface area contributed by atoms with Crippen LogP contribution in [0.15, 0.2) is 72.8 Å². The maximum Gasteiger partial charge on any atom is 0.259 e. The Hall–Kier alpha value is -3.60. The Morgan fingerprint density at radius 3 is 2.33 bits per heavy atom. The predicted molar refractivity (Wildman–Crippen MR) is 117 cm³/mol. The van der Waals surface area contributed by atoms with Gasteiger partial charge in [-0.05, 0) is 56.0 Å². The molecule has 0 aliphatic rings. The average Bonchev–Trinajstić information content (AvgIpc) is 2.75. The Morgan fingerprint density at radius 1 is 0.867 bits per heavy atom. The molecule has 3 rings (SSSR count). The Kier molecular flexibility index (Phi) is 7.22. The first-order valence-corrected chi connectivity index (χ1v) is 9.96. The van der Waals surface area contributed by atoms with E-state index in [0.29, 0.717) is 17.9 Å². The lowest BCUT2D eigenvalue weighted by atomic mass is 10.1. The molecule has 3 aromatic carbocycles. The fourth-order valence-electron chi connectivity index (χ4n) is 3.16. The van der Waals surface area contributed by atoms with Crippen molar-refractivity contribution in [3.63, 3.8) is 0 Å². The maximum atomic E-state index is 12.8. The number of amides is 1. The van der Waals surface area contributed by atoms with Crippen LogP contribution in [0.2, 0.25) is 0 Å². The number of phenols is 1. The van der Waals surface area contributed by atoms with Crippen LogP contribution < -0.4 is 10.1 Å². The summed E-state index contributed by atoms with van der Waals surface area (Å²) >= 11 is 0. The van der Waals surface area contributed by atoms with E-state index in [1.165, 1.54) is 18.6 Å². The summed E-state index contributed by atoms with van der Waals surface area (Å²) in [5.41, 5.74) is 2.01. The molecule has 0 aliphatic heterocycles. The summed E-state index contributed by atoms with van der Waals surface area (Å²) < 4.78 is 5.85. The van der Waals surface area contributed by atoms with Gasteiger partial charge in [0.15, 0.2) is 5.78 Å². The van der Waals surface area contributed by atoms with Crippen molar-refractivity contribution in [3.8, 4) is 11.5 Å². The molecule has 5 heteroatoms. The summed E-state index contributed by atoms with van der Waals surface area (Å²) in [6.45, 7) is 1.86. The number of rotatable bonds is 9. The number of carbonyl (C=O) groups excluding carboxylic acids is 2. The van der Waals surface area contributed by atoms with Crippen LogP contribution in [-0.4, -0.2) is 23.4 Å². The molecular formula is C25H25NO4. The lowest BCUT2D eigenvalue weighted by Gasteiger charge is -2.13. The van der Waals surface area contributed by atoms with Crippen LogP contribution in [0.4, 0.5) is 5.69 Å². The zero-order chi connectivity index (χ0) is 21.3. The summed E-state index contributed by atoms with van der Waals surface area (Å²) in [5.74, 6) is -0.441. The number of nitrogens with one attached hydrogen (secondary N) is 1. The van der Waals surface area contributed by atoms with E-state index in [1.807, 2.05) is 24.3 Å². The molecule has 30 heavy (non-hydrogen) atoms. The van der Waals surface area contributed by atoms with Crippen molar-refractivity contribution in [2.45, 2.75) is 26.2 Å². The third kappa shape index (κ3) is 5.47. The summed E-state index contributed by atoms with van der Waals surface area (Å²) in [7, 11) is 0. The highest BCUT2D eigenvalue weighted by Gasteiger charge is 2.16. The average molecular weight is 403 g/mol. The van der Waals surface area contributed by atoms with E-state index in [2.05, 4.69) is 17.4 Å². The third-order valence-corrected chi connectivity index (χ3v) is 4.76. The van der Waals surface area contributed by atoms with Crippen molar-refractivity contribution in [2.24, 2.45) is 0 Å². The Morgan fingerprint density at radius 2 is 1.57 bits per heavy atom. The van der Waals surface area contributed by atoms with E-state index >= 15 is 0 Å². The van der Waals surface area contributed by atoms with E-state index in [4.69, 9.17) is 4.74 Å². The number of aromatic hydroxyl groups is 1. The first-order valence-electron chi connectivity index (χ1n) is 9.96. The normalized spacial score (nSPS) is 10.4. The molecule has 154 valence electrons. The number of Topliss-reactive ketones (excluding diaryl/α,β-unsaturated/α-hetero) is 1. The standard InChI is InChI=1S/C25H25NO4/c1-18(27)20-14-9-15-22(24(20)28)26-25(29)21-13-5-6-16-23(21)30-17-8-7-12-19-10-3-2-4-11-19/h2-6,9-11,13-16,28H,7-8,12,17H2,1H3,(H,26,29). The van der Waals surface area contributed by atoms with Gasteiger partial charge in [-0.3, -0.25) is 9.59 Å². The maximum absolute atomic E-state index is 12.8. The molecule has 0 saturated carbocycles. The molecule has 0 aromatic heterocycles. The zero-order valence-corrected chi connectivity index (χ0v) is 16.9. The number of carbonyl (C=O) groups is 2. The second kappa shape index (κ2) is 10.3. The van der Waals surface area contributed by atoms with E-state index < -0.39 is 5.91 Å². The van der Waals surface area contributed by atoms with Crippen molar-refractivity contribution in [1.29, 1.82) is 0 Å². The molecule has 2 N–H and O–H groups in total. The van der Waals surface area contributed by atoms with Gasteiger partial charge in [-0.2, -0.15) is 0 Å². The zero-order valence-electron chi connectivity index (χ0n) is 16.9. The Labute approximate surface area is 176 Å². The minimum Gasteiger partial charge on any atom is -0.505 e. The van der Waals surface area contributed by atoms with Gasteiger partial charge in [0.25, 0.3) is 5.91 Å². The first-order chi connectivity index (χ1) is 14.6. The van der Waals surface area contributed by atoms with Gasteiger partial charge in [0.2, 0.25) is 0 Å². The van der Waals surface area contributed by atoms with E-state index in [0.717, 1.165) is 19.3 Å². The van der Waals surface area contributed by atoms with Gasteiger partial charge >= 0.3 is 0 Å². The Balaban J connectivity index is 1.60. The number of phenolic OH excluding ortho intramolecular Hbond substituents is 1. The molecule has 1 amide bonds. The molecule has 0 bridgehead atoms. The second-order valence-corrected chi connectivity index (χ2v) is 7.00. The number of hydrogen-bond donors (Lipinski definition) is 2. The third-order valence-electron chi connectivity index (χ3n) is 4.76. The van der Waals surface area contributed by atoms with Crippen molar-refractivity contribution < 1.29 is 19.4 Å². The lowest BCUT2D eigenvalue weighted by molar-refractivity contribution is 0.100. The molecule has 3 aromatic rings. The minimum atomic E-state index is -0.411. The molecule has 0 aliphatic carbocycles. The number of unbranched alkanes of at least 4 members (excludes halogenated alkanes) is 1. The van der Waals surface area contributed by atoms with Crippen LogP contribution in [0.25, 0.3) is 0 Å². The summed E-state index contributed by atoms with van der Waals surface area (Å²) in [4.78, 5) is 24.4. The van der Waals surface area contributed by atoms with Crippen LogP contribution in [0.5, 0.6) is 11.5 Å². The topological polar surface area (TPSA) is 75.6 Å². The number of benzene rings is 3. The molecule has 0 spiro atoms. The van der Waals surface area contributed by atoms with E-state index in [1.54, 1.807) is 30.3 Å². The lowest BCUT2D eigenvalue weighted by Crippen LogP contribution is -2.14. The van der Waals surface area contributed by atoms with Crippen LogP contribution >= 0.6 is 0 Å². The van der Waals surface area contributed by atoms with Crippen molar-refractivity contribution in [2.75, 3.05) is 11.9 Å². The van der Waals surface area contributed by atoms with Crippen LogP contribution in [0.1, 0.15) is 46.0 Å². The van der Waals surface area contributed by atoms with Crippen molar-refractivity contribution >= 4 is 17.4 Å². The van der Waals surface area contributed by atoms with Gasteiger partial charge in [-0.1, -0.05) is 48.5 Å². The van der Waals surface area contributed by atoms with Crippen LogP contribution in [0, 0.1) is 0 Å². The summed E-state index contributed by atoms with van der Waals surface area (Å²) in [6, 6.07) is 21.9. The first kappa shape index (κ1) is 21.1. The van der Waals surface area contributed by atoms with Gasteiger partial charge in [0, 0.05) is 0 Å². The van der Waals surface area contributed by atoms with E-state index in [-0.39, 0.29) is 22.8 Å². The van der Waals surface area contributed by atoms with Crippen molar-refractivity contribution in [3.05, 3.63) is 89.5 Å². The molecule has 0 saturated heterocycles. The van der Waals surface area contributed by atoms with Crippen LogP contribution in [0.3, 0.4) is 0 Å². The number of hydrogen-bond acceptors (Lipinski definition) is 4. The monoisotopic (exact) mass is 403 g/mol. The number of aryl methyl sites for hydroxylation is 1. The van der Waals surface area contributed by atoms with Gasteiger partial charge < -0.3 is 15.2 Å². The van der Waals surface area contributed by atoms with Gasteiger partial charge in [-0.15, -0.1) is 0 Å². The number of para-hydroxylation sites is 2.